The molecule has 0 saturated carbocycles. The predicted molar refractivity (Wildman–Crippen MR) is 93.3 cm³/mol. The summed E-state index contributed by atoms with van der Waals surface area (Å²) in [6, 6.07) is 16.3. The third-order valence-electron chi connectivity index (χ3n) is 4.53. The van der Waals surface area contributed by atoms with E-state index in [1.807, 2.05) is 37.3 Å². The Kier molecular flexibility index (Phi) is 4.49. The maximum atomic E-state index is 14.9. The van der Waals surface area contributed by atoms with Gasteiger partial charge in [0, 0.05) is 19.0 Å². The van der Waals surface area contributed by atoms with E-state index in [2.05, 4.69) is 0 Å². The highest BCUT2D eigenvalue weighted by Gasteiger charge is 2.41. The van der Waals surface area contributed by atoms with Gasteiger partial charge < -0.3 is 0 Å². The molecule has 0 amide bonds. The summed E-state index contributed by atoms with van der Waals surface area (Å²) in [5.74, 6) is -0.143. The molecule has 2 aromatic rings. The van der Waals surface area contributed by atoms with E-state index in [-0.39, 0.29) is 17.4 Å². The molecule has 0 N–H and O–H groups in total. The van der Waals surface area contributed by atoms with Crippen molar-refractivity contribution in [2.24, 2.45) is 0 Å². The number of hydrogen-bond donors (Lipinski definition) is 0. The number of nitrogens with zero attached hydrogens (tertiary/aromatic N) is 1. The van der Waals surface area contributed by atoms with Crippen molar-refractivity contribution in [1.29, 1.82) is 0 Å². The van der Waals surface area contributed by atoms with Crippen LogP contribution in [0.4, 0.5) is 4.39 Å². The molecule has 2 unspecified atom stereocenters. The second-order valence-electron chi connectivity index (χ2n) is 6.84. The van der Waals surface area contributed by atoms with Gasteiger partial charge in [-0.15, -0.1) is 0 Å². The topological polar surface area (TPSA) is 37.4 Å². The molecule has 1 saturated heterocycles. The number of piperidine rings is 1. The number of benzene rings is 2. The van der Waals surface area contributed by atoms with Crippen LogP contribution in [0.3, 0.4) is 0 Å². The molecule has 2 atom stereocenters. The van der Waals surface area contributed by atoms with Crippen molar-refractivity contribution in [2.45, 2.75) is 36.8 Å². The van der Waals surface area contributed by atoms with Crippen LogP contribution in [0, 0.1) is 6.92 Å². The zero-order valence-corrected chi connectivity index (χ0v) is 14.8. The molecule has 1 aliphatic heterocycles. The lowest BCUT2D eigenvalue weighted by Gasteiger charge is -2.39. The smallest absolute Gasteiger partial charge is 0.243 e. The number of aryl methyl sites for hydroxylation is 1. The first-order chi connectivity index (χ1) is 11.3. The summed E-state index contributed by atoms with van der Waals surface area (Å²) in [6.07, 6.45) is 0.330. The Bertz CT molecular complexity index is 801. The Morgan fingerprint density at radius 2 is 1.71 bits per heavy atom. The molecule has 0 bridgehead atoms. The van der Waals surface area contributed by atoms with Crippen LogP contribution >= 0.6 is 0 Å². The van der Waals surface area contributed by atoms with Crippen molar-refractivity contribution in [3.05, 3.63) is 65.7 Å². The molecule has 24 heavy (non-hydrogen) atoms. The maximum absolute atomic E-state index is 14.9. The SMILES string of the molecule is Cc1ccc(S(=O)(=O)N2CC(c3ccccc3)CC(C)(F)C2)cc1. The van der Waals surface area contributed by atoms with Crippen molar-refractivity contribution < 1.29 is 12.8 Å². The molecule has 5 heteroatoms. The number of halogens is 1. The molecule has 1 fully saturated rings. The molecule has 3 rings (SSSR count). The van der Waals surface area contributed by atoms with Gasteiger partial charge in [0.2, 0.25) is 10.0 Å². The lowest BCUT2D eigenvalue weighted by atomic mass is 9.85. The van der Waals surface area contributed by atoms with Crippen LogP contribution in [0.1, 0.15) is 30.4 Å². The van der Waals surface area contributed by atoms with Gasteiger partial charge in [-0.1, -0.05) is 48.0 Å². The van der Waals surface area contributed by atoms with E-state index in [4.69, 9.17) is 0 Å². The highest BCUT2D eigenvalue weighted by atomic mass is 32.2. The standard InChI is InChI=1S/C19H22FNO2S/c1-15-8-10-18(11-9-15)24(22,23)21-13-17(12-19(2,20)14-21)16-6-4-3-5-7-16/h3-11,17H,12-14H2,1-2H3. The molecule has 0 aromatic heterocycles. The van der Waals surface area contributed by atoms with Crippen LogP contribution in [0.25, 0.3) is 0 Å². The van der Waals surface area contributed by atoms with Gasteiger partial charge in [-0.05, 0) is 38.0 Å². The van der Waals surface area contributed by atoms with E-state index >= 15 is 0 Å². The molecule has 2 aromatic carbocycles. The minimum Gasteiger partial charge on any atom is -0.243 e. The molecule has 3 nitrogen and oxygen atoms in total. The van der Waals surface area contributed by atoms with Crippen LogP contribution in [0.2, 0.25) is 0 Å². The zero-order valence-electron chi connectivity index (χ0n) is 13.9. The van der Waals surface area contributed by atoms with Gasteiger partial charge in [0.25, 0.3) is 0 Å². The van der Waals surface area contributed by atoms with Gasteiger partial charge in [0.1, 0.15) is 5.67 Å². The molecular formula is C19H22FNO2S. The summed E-state index contributed by atoms with van der Waals surface area (Å²) in [5.41, 5.74) is 0.423. The van der Waals surface area contributed by atoms with E-state index in [1.165, 1.54) is 11.2 Å². The Morgan fingerprint density at radius 3 is 2.33 bits per heavy atom. The Balaban J connectivity index is 1.93. The van der Waals surface area contributed by atoms with E-state index in [9.17, 15) is 12.8 Å². The fraction of sp³-hybridized carbons (Fsp3) is 0.368. The van der Waals surface area contributed by atoms with Crippen LogP contribution in [-0.2, 0) is 10.0 Å². The van der Waals surface area contributed by atoms with Crippen molar-refractivity contribution >= 4 is 10.0 Å². The quantitative estimate of drug-likeness (QED) is 0.844. The first kappa shape index (κ1) is 17.1. The first-order valence-corrected chi connectivity index (χ1v) is 9.53. The second-order valence-corrected chi connectivity index (χ2v) is 8.77. The van der Waals surface area contributed by atoms with Gasteiger partial charge in [-0.3, -0.25) is 0 Å². The number of hydrogen-bond acceptors (Lipinski definition) is 2. The highest BCUT2D eigenvalue weighted by Crippen LogP contribution is 2.37. The predicted octanol–water partition coefficient (Wildman–Crippen LogP) is 3.90. The van der Waals surface area contributed by atoms with Gasteiger partial charge in [-0.25, -0.2) is 12.8 Å². The molecule has 0 spiro atoms. The van der Waals surface area contributed by atoms with Crippen molar-refractivity contribution in [1.82, 2.24) is 4.31 Å². The maximum Gasteiger partial charge on any atom is 0.243 e. The van der Waals surface area contributed by atoms with Crippen LogP contribution < -0.4 is 0 Å². The largest absolute Gasteiger partial charge is 0.243 e. The van der Waals surface area contributed by atoms with Gasteiger partial charge in [-0.2, -0.15) is 4.31 Å². The summed E-state index contributed by atoms with van der Waals surface area (Å²) in [4.78, 5) is 0.220. The van der Waals surface area contributed by atoms with Crippen LogP contribution in [0.5, 0.6) is 0 Å². The Hall–Kier alpha value is -1.72. The highest BCUT2D eigenvalue weighted by molar-refractivity contribution is 7.89. The Morgan fingerprint density at radius 1 is 1.08 bits per heavy atom. The van der Waals surface area contributed by atoms with E-state index in [0.717, 1.165) is 11.1 Å². The van der Waals surface area contributed by atoms with E-state index in [1.54, 1.807) is 24.3 Å². The molecule has 0 aliphatic carbocycles. The van der Waals surface area contributed by atoms with Gasteiger partial charge >= 0.3 is 0 Å². The molecule has 0 radical (unpaired) electrons. The van der Waals surface area contributed by atoms with Crippen molar-refractivity contribution in [3.8, 4) is 0 Å². The van der Waals surface area contributed by atoms with Crippen molar-refractivity contribution in [3.63, 3.8) is 0 Å². The van der Waals surface area contributed by atoms with Crippen LogP contribution in [-0.4, -0.2) is 31.5 Å². The minimum absolute atomic E-state index is 0.105. The van der Waals surface area contributed by atoms with Gasteiger partial charge in [0.15, 0.2) is 0 Å². The van der Waals surface area contributed by atoms with E-state index in [0.29, 0.717) is 13.0 Å². The fourth-order valence-electron chi connectivity index (χ4n) is 3.31. The summed E-state index contributed by atoms with van der Waals surface area (Å²) >= 11 is 0. The Labute approximate surface area is 143 Å². The average Bonchev–Trinajstić information content (AvgIpc) is 2.54. The van der Waals surface area contributed by atoms with Gasteiger partial charge in [0.05, 0.1) is 4.90 Å². The summed E-state index contributed by atoms with van der Waals surface area (Å²) in [5, 5.41) is 0. The molecule has 128 valence electrons. The normalized spacial score (nSPS) is 25.5. The average molecular weight is 347 g/mol. The first-order valence-electron chi connectivity index (χ1n) is 8.09. The number of sulfonamides is 1. The third-order valence-corrected chi connectivity index (χ3v) is 6.36. The lowest BCUT2D eigenvalue weighted by Crippen LogP contribution is -2.49. The summed E-state index contributed by atoms with van der Waals surface area (Å²) < 4.78 is 42.0. The minimum atomic E-state index is -3.70. The monoisotopic (exact) mass is 347 g/mol. The summed E-state index contributed by atoms with van der Waals surface area (Å²) in [6.45, 7) is 3.59. The van der Waals surface area contributed by atoms with Crippen molar-refractivity contribution in [2.75, 3.05) is 13.1 Å². The lowest BCUT2D eigenvalue weighted by molar-refractivity contribution is 0.0888. The van der Waals surface area contributed by atoms with E-state index < -0.39 is 15.7 Å². The molecule has 1 aliphatic rings. The second kappa shape index (κ2) is 6.30. The zero-order chi connectivity index (χ0) is 17.4. The number of alkyl halides is 1. The molecular weight excluding hydrogens is 325 g/mol. The third kappa shape index (κ3) is 3.52. The fourth-order valence-corrected chi connectivity index (χ4v) is 4.91. The van der Waals surface area contributed by atoms with Crippen LogP contribution in [0.15, 0.2) is 59.5 Å². The molecule has 1 heterocycles. The summed E-state index contributed by atoms with van der Waals surface area (Å²) in [7, 11) is -3.70. The number of rotatable bonds is 3.